The van der Waals surface area contributed by atoms with Gasteiger partial charge in [0.2, 0.25) is 5.91 Å². The maximum Gasteiger partial charge on any atom is 0.326 e. The molecule has 1 aliphatic heterocycles. The Hall–Kier alpha value is -2.70. The number of carbonyl (C=O) groups excluding carboxylic acids is 1. The van der Waals surface area contributed by atoms with Gasteiger partial charge < -0.3 is 10.0 Å². The van der Waals surface area contributed by atoms with Crippen LogP contribution >= 0.6 is 0 Å². The van der Waals surface area contributed by atoms with Crippen LogP contribution in [0.5, 0.6) is 0 Å². The Morgan fingerprint density at radius 2 is 1.81 bits per heavy atom. The Balaban J connectivity index is 1.82. The van der Waals surface area contributed by atoms with Gasteiger partial charge in [0.15, 0.2) is 0 Å². The summed E-state index contributed by atoms with van der Waals surface area (Å²) in [6.07, 6.45) is 5.53. The summed E-state index contributed by atoms with van der Waals surface area (Å²) in [6.45, 7) is 9.30. The second-order valence-electron chi connectivity index (χ2n) is 10.6. The minimum absolute atomic E-state index is 0.0930. The lowest BCUT2D eigenvalue weighted by Crippen LogP contribution is -2.47. The van der Waals surface area contributed by atoms with Crippen molar-refractivity contribution in [2.45, 2.75) is 84.8 Å². The largest absolute Gasteiger partial charge is 0.480 e. The lowest BCUT2D eigenvalue weighted by Gasteiger charge is -2.32. The van der Waals surface area contributed by atoms with E-state index in [0.29, 0.717) is 18.9 Å². The van der Waals surface area contributed by atoms with Crippen molar-refractivity contribution in [1.29, 1.82) is 0 Å². The van der Waals surface area contributed by atoms with Crippen LogP contribution in [0.2, 0.25) is 0 Å². The van der Waals surface area contributed by atoms with Crippen molar-refractivity contribution in [2.75, 3.05) is 6.54 Å². The van der Waals surface area contributed by atoms with Crippen molar-refractivity contribution in [3.05, 3.63) is 59.7 Å². The van der Waals surface area contributed by atoms with Crippen LogP contribution in [0.25, 0.3) is 11.1 Å². The van der Waals surface area contributed by atoms with Gasteiger partial charge in [0.1, 0.15) is 6.04 Å². The summed E-state index contributed by atoms with van der Waals surface area (Å²) in [4.78, 5) is 26.6. The SMILES string of the molecule is CCCCC(=O)N(Cc1ccc(-c2ccccc2C2CCCC(C)CNN2)cc1)C(C(=O)O)C(C)C. The van der Waals surface area contributed by atoms with Crippen molar-refractivity contribution >= 4 is 11.9 Å². The summed E-state index contributed by atoms with van der Waals surface area (Å²) in [5.41, 5.74) is 11.5. The molecule has 1 saturated heterocycles. The minimum atomic E-state index is -0.949. The van der Waals surface area contributed by atoms with Crippen molar-refractivity contribution in [1.82, 2.24) is 15.8 Å². The third kappa shape index (κ3) is 7.40. The van der Waals surface area contributed by atoms with Crippen molar-refractivity contribution < 1.29 is 14.7 Å². The number of nitrogens with one attached hydrogen (secondary N) is 2. The summed E-state index contributed by atoms with van der Waals surface area (Å²) in [5.74, 6) is -0.544. The predicted octanol–water partition coefficient (Wildman–Crippen LogP) is 5.94. The van der Waals surface area contributed by atoms with Gasteiger partial charge in [0.05, 0.1) is 0 Å². The summed E-state index contributed by atoms with van der Waals surface area (Å²) in [6, 6.07) is 16.1. The summed E-state index contributed by atoms with van der Waals surface area (Å²) in [7, 11) is 0. The van der Waals surface area contributed by atoms with Gasteiger partial charge in [-0.3, -0.25) is 15.6 Å². The lowest BCUT2D eigenvalue weighted by molar-refractivity contribution is -0.153. The van der Waals surface area contributed by atoms with E-state index in [0.717, 1.165) is 36.9 Å². The quantitative estimate of drug-likeness (QED) is 0.382. The zero-order valence-electron chi connectivity index (χ0n) is 22.3. The van der Waals surface area contributed by atoms with E-state index in [2.05, 4.69) is 54.2 Å². The molecule has 6 nitrogen and oxygen atoms in total. The van der Waals surface area contributed by atoms with E-state index in [1.807, 2.05) is 32.9 Å². The molecule has 6 heteroatoms. The van der Waals surface area contributed by atoms with Gasteiger partial charge in [-0.1, -0.05) is 89.1 Å². The maximum absolute atomic E-state index is 13.0. The van der Waals surface area contributed by atoms with Gasteiger partial charge in [-0.05, 0) is 53.4 Å². The normalized spacial score (nSPS) is 19.4. The summed E-state index contributed by atoms with van der Waals surface area (Å²) < 4.78 is 0. The molecule has 3 rings (SSSR count). The number of carboxylic acid groups (broad SMARTS) is 1. The number of hydrogen-bond donors (Lipinski definition) is 3. The fraction of sp³-hybridized carbons (Fsp3) is 0.533. The second kappa shape index (κ2) is 13.6. The molecular weight excluding hydrogens is 450 g/mol. The van der Waals surface area contributed by atoms with E-state index < -0.39 is 12.0 Å². The Morgan fingerprint density at radius 3 is 2.47 bits per heavy atom. The monoisotopic (exact) mass is 493 g/mol. The molecule has 0 aliphatic carbocycles. The highest BCUT2D eigenvalue weighted by Gasteiger charge is 2.32. The average molecular weight is 494 g/mol. The maximum atomic E-state index is 13.0. The molecule has 1 aliphatic rings. The van der Waals surface area contributed by atoms with Gasteiger partial charge in [0.25, 0.3) is 0 Å². The molecule has 36 heavy (non-hydrogen) atoms. The first-order valence-corrected chi connectivity index (χ1v) is 13.5. The molecule has 1 fully saturated rings. The smallest absolute Gasteiger partial charge is 0.326 e. The number of hydrogen-bond acceptors (Lipinski definition) is 4. The summed E-state index contributed by atoms with van der Waals surface area (Å²) >= 11 is 0. The Bertz CT molecular complexity index is 979. The van der Waals surface area contributed by atoms with E-state index >= 15 is 0 Å². The van der Waals surface area contributed by atoms with Gasteiger partial charge in [-0.25, -0.2) is 4.79 Å². The highest BCUT2D eigenvalue weighted by molar-refractivity contribution is 5.84. The zero-order valence-corrected chi connectivity index (χ0v) is 22.3. The van der Waals surface area contributed by atoms with E-state index in [1.165, 1.54) is 24.0 Å². The predicted molar refractivity (Wildman–Crippen MR) is 145 cm³/mol. The number of nitrogens with zero attached hydrogens (tertiary/aromatic N) is 1. The van der Waals surface area contributed by atoms with E-state index in [4.69, 9.17) is 0 Å². The van der Waals surface area contributed by atoms with Gasteiger partial charge in [-0.2, -0.15) is 0 Å². The number of unbranched alkanes of at least 4 members (excludes halogenated alkanes) is 1. The lowest BCUT2D eigenvalue weighted by atomic mass is 9.90. The standard InChI is InChI=1S/C30H43N3O3/c1-5-6-14-28(34)33(29(21(2)3)30(35)36)20-23-15-17-24(18-16-23)25-11-7-8-12-26(25)27-13-9-10-22(4)19-31-32-27/h7-8,11-12,15-18,21-22,27,29,31-32H,5-6,9-10,13-14,19-20H2,1-4H3,(H,35,36). The molecule has 1 amide bonds. The van der Waals surface area contributed by atoms with E-state index in [-0.39, 0.29) is 17.9 Å². The minimum Gasteiger partial charge on any atom is -0.480 e. The third-order valence-corrected chi connectivity index (χ3v) is 7.16. The molecule has 1 heterocycles. The Kier molecular flexibility index (Phi) is 10.5. The third-order valence-electron chi connectivity index (χ3n) is 7.16. The fourth-order valence-electron chi connectivity index (χ4n) is 5.08. The van der Waals surface area contributed by atoms with Gasteiger partial charge in [0, 0.05) is 25.6 Å². The first-order chi connectivity index (χ1) is 17.3. The van der Waals surface area contributed by atoms with Crippen molar-refractivity contribution in [3.8, 4) is 11.1 Å². The number of benzene rings is 2. The molecular formula is C30H43N3O3. The molecule has 3 N–H and O–H groups in total. The molecule has 2 aromatic carbocycles. The van der Waals surface area contributed by atoms with Crippen LogP contribution in [0.4, 0.5) is 0 Å². The first-order valence-electron chi connectivity index (χ1n) is 13.5. The molecule has 3 unspecified atom stereocenters. The molecule has 0 spiro atoms. The number of aliphatic carboxylic acids is 1. The fourth-order valence-corrected chi connectivity index (χ4v) is 5.08. The number of carbonyl (C=O) groups is 2. The highest BCUT2D eigenvalue weighted by Crippen LogP contribution is 2.32. The molecule has 0 saturated carbocycles. The molecule has 2 aromatic rings. The van der Waals surface area contributed by atoms with Gasteiger partial charge in [-0.15, -0.1) is 0 Å². The van der Waals surface area contributed by atoms with Crippen LogP contribution in [0, 0.1) is 11.8 Å². The molecule has 0 bridgehead atoms. The highest BCUT2D eigenvalue weighted by atomic mass is 16.4. The molecule has 196 valence electrons. The van der Waals surface area contributed by atoms with Crippen molar-refractivity contribution in [3.63, 3.8) is 0 Å². The topological polar surface area (TPSA) is 81.7 Å². The van der Waals surface area contributed by atoms with E-state index in [1.54, 1.807) is 4.90 Å². The number of amides is 1. The van der Waals surface area contributed by atoms with Crippen LogP contribution in [-0.4, -0.2) is 34.5 Å². The first kappa shape index (κ1) is 27.9. The molecule has 0 radical (unpaired) electrons. The molecule has 3 atom stereocenters. The van der Waals surface area contributed by atoms with Crippen LogP contribution in [0.1, 0.15) is 83.4 Å². The van der Waals surface area contributed by atoms with E-state index in [9.17, 15) is 14.7 Å². The van der Waals surface area contributed by atoms with Crippen molar-refractivity contribution in [2.24, 2.45) is 11.8 Å². The Labute approximate surface area is 216 Å². The summed E-state index contributed by atoms with van der Waals surface area (Å²) in [5, 5.41) is 9.86. The van der Waals surface area contributed by atoms with Crippen LogP contribution < -0.4 is 10.9 Å². The number of carboxylic acids is 1. The number of rotatable bonds is 10. The van der Waals surface area contributed by atoms with Crippen LogP contribution in [0.3, 0.4) is 0 Å². The second-order valence-corrected chi connectivity index (χ2v) is 10.6. The molecule has 0 aromatic heterocycles. The van der Waals surface area contributed by atoms with Gasteiger partial charge >= 0.3 is 5.97 Å². The zero-order chi connectivity index (χ0) is 26.1. The number of hydrazine groups is 1. The Morgan fingerprint density at radius 1 is 1.08 bits per heavy atom. The van der Waals surface area contributed by atoms with Crippen LogP contribution in [0.15, 0.2) is 48.5 Å². The van der Waals surface area contributed by atoms with Crippen LogP contribution in [-0.2, 0) is 16.1 Å². The average Bonchev–Trinajstić information content (AvgIpc) is 2.84.